The molecule has 10 heteroatoms. The third-order valence-electron chi connectivity index (χ3n) is 8.41. The minimum Gasteiger partial charge on any atom is -0.457 e. The van der Waals surface area contributed by atoms with Crippen molar-refractivity contribution >= 4 is 38.5 Å². The van der Waals surface area contributed by atoms with E-state index in [0.717, 1.165) is 24.7 Å². The number of sulfonamides is 1. The summed E-state index contributed by atoms with van der Waals surface area (Å²) in [5, 5.41) is 6.30. The van der Waals surface area contributed by atoms with Gasteiger partial charge in [-0.1, -0.05) is 24.3 Å². The lowest BCUT2D eigenvalue weighted by atomic mass is 9.97. The van der Waals surface area contributed by atoms with Gasteiger partial charge in [0, 0.05) is 47.3 Å². The fraction of sp³-hybridized carbons (Fsp3) is 0.243. The molecule has 242 valence electrons. The van der Waals surface area contributed by atoms with Crippen LogP contribution in [0.5, 0.6) is 11.5 Å². The summed E-state index contributed by atoms with van der Waals surface area (Å²) in [4.78, 5) is 26.6. The van der Waals surface area contributed by atoms with E-state index in [-0.39, 0.29) is 23.9 Å². The van der Waals surface area contributed by atoms with E-state index >= 15 is 0 Å². The second-order valence-electron chi connectivity index (χ2n) is 12.2. The summed E-state index contributed by atoms with van der Waals surface area (Å²) in [5.41, 5.74) is 4.16. The van der Waals surface area contributed by atoms with Crippen molar-refractivity contribution in [3.05, 3.63) is 102 Å². The van der Waals surface area contributed by atoms with Gasteiger partial charge in [-0.2, -0.15) is 0 Å². The normalized spacial score (nSPS) is 13.6. The van der Waals surface area contributed by atoms with Crippen LogP contribution >= 0.6 is 0 Å². The predicted octanol–water partition coefficient (Wildman–Crippen LogP) is 7.30. The first kappa shape index (κ1) is 31.9. The molecule has 6 rings (SSSR count). The Morgan fingerprint density at radius 3 is 2.28 bits per heavy atom. The van der Waals surface area contributed by atoms with Gasteiger partial charge in [0.05, 0.1) is 17.5 Å². The molecule has 1 fully saturated rings. The molecule has 0 atom stereocenters. The summed E-state index contributed by atoms with van der Waals surface area (Å²) in [6.45, 7) is 5.91. The molecular weight excluding hydrogens is 614 g/mol. The third kappa shape index (κ3) is 6.59. The Bertz CT molecular complexity index is 2110. The highest BCUT2D eigenvalue weighted by atomic mass is 32.2. The lowest BCUT2D eigenvalue weighted by Crippen LogP contribution is -2.34. The van der Waals surface area contributed by atoms with Gasteiger partial charge in [0.15, 0.2) is 0 Å². The van der Waals surface area contributed by atoms with Crippen molar-refractivity contribution in [1.29, 1.82) is 0 Å². The molecule has 0 unspecified atom stereocenters. The number of furan rings is 1. The third-order valence-corrected chi connectivity index (χ3v) is 9.67. The molecule has 1 heterocycles. The number of carbonyl (C=O) groups excluding carboxylic acids is 2. The molecule has 5 aromatic rings. The van der Waals surface area contributed by atoms with Crippen LogP contribution in [0.15, 0.2) is 89.3 Å². The van der Waals surface area contributed by atoms with Crippen LogP contribution in [0.1, 0.15) is 53.0 Å². The van der Waals surface area contributed by atoms with Gasteiger partial charge in [0.1, 0.15) is 22.8 Å². The van der Waals surface area contributed by atoms with E-state index in [0.29, 0.717) is 61.7 Å². The van der Waals surface area contributed by atoms with Crippen LogP contribution in [0.4, 0.5) is 5.69 Å². The molecule has 0 bridgehead atoms. The topological polar surface area (TPSA) is 118 Å². The monoisotopic (exact) mass is 651 g/mol. The number of rotatable bonds is 10. The smallest absolute Gasteiger partial charge is 0.255 e. The number of carbonyl (C=O) groups is 2. The molecule has 0 saturated heterocycles. The molecule has 0 spiro atoms. The van der Waals surface area contributed by atoms with E-state index in [1.807, 2.05) is 56.3 Å². The Balaban J connectivity index is 1.49. The van der Waals surface area contributed by atoms with E-state index in [4.69, 9.17) is 9.15 Å². The van der Waals surface area contributed by atoms with E-state index in [9.17, 15) is 18.0 Å². The number of nitrogens with one attached hydrogen (secondary N) is 2. The highest BCUT2D eigenvalue weighted by Crippen LogP contribution is 2.42. The van der Waals surface area contributed by atoms with Crippen LogP contribution in [0, 0.1) is 6.92 Å². The number of hydrogen-bond acceptors (Lipinski definition) is 6. The van der Waals surface area contributed by atoms with Crippen LogP contribution in [0.25, 0.3) is 33.4 Å². The summed E-state index contributed by atoms with van der Waals surface area (Å²) in [6.07, 6.45) is 2.99. The first-order chi connectivity index (χ1) is 22.4. The maximum absolute atomic E-state index is 13.4. The number of aryl methyl sites for hydroxylation is 1. The summed E-state index contributed by atoms with van der Waals surface area (Å²) in [6, 6.07) is 25.5. The molecular formula is C37H37N3O6S. The zero-order chi connectivity index (χ0) is 33.5. The summed E-state index contributed by atoms with van der Waals surface area (Å²) >= 11 is 0. The summed E-state index contributed by atoms with van der Waals surface area (Å²) < 4.78 is 39.7. The van der Waals surface area contributed by atoms with Crippen molar-refractivity contribution in [2.24, 2.45) is 0 Å². The van der Waals surface area contributed by atoms with Gasteiger partial charge in [0.25, 0.3) is 11.8 Å². The SMILES string of the molecule is CCN(c1cc2oc(-c3ccc(Oc4cccc(C)c4)cc3)c(C(=O)NC)c2cc1-c1cccc(C(=O)NC2(C)CC2)c1)S(C)(=O)=O. The van der Waals surface area contributed by atoms with Gasteiger partial charge in [-0.25, -0.2) is 8.42 Å². The predicted molar refractivity (Wildman–Crippen MR) is 185 cm³/mol. The molecule has 4 aromatic carbocycles. The van der Waals surface area contributed by atoms with E-state index in [1.165, 1.54) is 4.31 Å². The van der Waals surface area contributed by atoms with E-state index in [1.54, 1.807) is 56.4 Å². The van der Waals surface area contributed by atoms with E-state index < -0.39 is 10.0 Å². The van der Waals surface area contributed by atoms with Crippen LogP contribution in [-0.4, -0.2) is 45.6 Å². The molecule has 0 aliphatic heterocycles. The number of benzene rings is 4. The van der Waals surface area contributed by atoms with Gasteiger partial charge in [-0.05, 0) is 99.3 Å². The number of fused-ring (bicyclic) bond motifs is 1. The first-order valence-electron chi connectivity index (χ1n) is 15.5. The number of nitrogens with zero attached hydrogens (tertiary/aromatic N) is 1. The van der Waals surface area contributed by atoms with Crippen molar-refractivity contribution in [2.75, 3.05) is 24.2 Å². The second kappa shape index (κ2) is 12.3. The average molecular weight is 652 g/mol. The molecule has 1 saturated carbocycles. The van der Waals surface area contributed by atoms with Gasteiger partial charge in [-0.3, -0.25) is 13.9 Å². The fourth-order valence-corrected chi connectivity index (χ4v) is 6.66. The fourth-order valence-electron chi connectivity index (χ4n) is 5.68. The number of hydrogen-bond donors (Lipinski definition) is 2. The van der Waals surface area contributed by atoms with Gasteiger partial charge >= 0.3 is 0 Å². The Kier molecular flexibility index (Phi) is 8.31. The summed E-state index contributed by atoms with van der Waals surface area (Å²) in [5.74, 6) is 1.10. The molecule has 2 amide bonds. The molecule has 1 aliphatic rings. The zero-order valence-corrected chi connectivity index (χ0v) is 27.8. The van der Waals surface area contributed by atoms with Crippen LogP contribution in [-0.2, 0) is 10.0 Å². The largest absolute Gasteiger partial charge is 0.457 e. The number of anilines is 1. The Morgan fingerprint density at radius 1 is 0.915 bits per heavy atom. The molecule has 1 aliphatic carbocycles. The second-order valence-corrected chi connectivity index (χ2v) is 14.1. The summed E-state index contributed by atoms with van der Waals surface area (Å²) in [7, 11) is -2.15. The van der Waals surface area contributed by atoms with Gasteiger partial charge in [0.2, 0.25) is 10.0 Å². The molecule has 1 aromatic heterocycles. The van der Waals surface area contributed by atoms with Gasteiger partial charge < -0.3 is 19.8 Å². The van der Waals surface area contributed by atoms with Gasteiger partial charge in [-0.15, -0.1) is 0 Å². The highest BCUT2D eigenvalue weighted by molar-refractivity contribution is 7.92. The quantitative estimate of drug-likeness (QED) is 0.164. The average Bonchev–Trinajstić information content (AvgIpc) is 3.64. The lowest BCUT2D eigenvalue weighted by molar-refractivity contribution is 0.0933. The van der Waals surface area contributed by atoms with Crippen molar-refractivity contribution in [1.82, 2.24) is 10.6 Å². The van der Waals surface area contributed by atoms with Crippen molar-refractivity contribution in [3.63, 3.8) is 0 Å². The zero-order valence-electron chi connectivity index (χ0n) is 27.0. The van der Waals surface area contributed by atoms with Crippen molar-refractivity contribution in [3.8, 4) is 33.9 Å². The van der Waals surface area contributed by atoms with Crippen molar-refractivity contribution < 1.29 is 27.2 Å². The molecule has 0 radical (unpaired) electrons. The van der Waals surface area contributed by atoms with Crippen LogP contribution < -0.4 is 19.7 Å². The molecule has 9 nitrogen and oxygen atoms in total. The van der Waals surface area contributed by atoms with Crippen LogP contribution in [0.2, 0.25) is 0 Å². The van der Waals surface area contributed by atoms with E-state index in [2.05, 4.69) is 10.6 Å². The number of ether oxygens (including phenoxy) is 1. The first-order valence-corrected chi connectivity index (χ1v) is 17.3. The molecule has 47 heavy (non-hydrogen) atoms. The maximum Gasteiger partial charge on any atom is 0.255 e. The number of amides is 2. The minimum absolute atomic E-state index is 0.161. The Hall–Kier alpha value is -5.09. The Morgan fingerprint density at radius 2 is 1.64 bits per heavy atom. The minimum atomic E-state index is -3.70. The Labute approximate surface area is 274 Å². The van der Waals surface area contributed by atoms with Crippen LogP contribution in [0.3, 0.4) is 0 Å². The molecule has 2 N–H and O–H groups in total. The highest BCUT2D eigenvalue weighted by Gasteiger charge is 2.39. The maximum atomic E-state index is 13.4. The van der Waals surface area contributed by atoms with Crippen molar-refractivity contribution in [2.45, 2.75) is 39.2 Å². The lowest BCUT2D eigenvalue weighted by Gasteiger charge is -2.24. The standard InChI is InChI=1S/C37H37N3O6S/c1-6-40(47(5,43)44)31-22-32-30(21-29(31)25-10-8-11-26(20-25)35(41)39-37(3)17-18-37)33(36(42)38-4)34(46-32)24-13-15-27(16-14-24)45-28-12-7-9-23(2)19-28/h7-16,19-22H,6,17-18H2,1-5H3,(H,38,42)(H,39,41).